The summed E-state index contributed by atoms with van der Waals surface area (Å²) in [7, 11) is 5.57. The summed E-state index contributed by atoms with van der Waals surface area (Å²) in [5.74, 6) is -0.410. The standard InChI is InChI=1S/C32H43FN2O5/c1-31(2,3)40-30(37)35-21-25(20-26(35)29(36)38-6)39-27-14-10-11-23(28(27)33)19-22-15-17-32(18-16-22,34(4)5)24-12-8-7-9-13-24/h7-14,22,25-26H,15-21H2,1-6H3/t22?,25-,26-,32?/m0/s1. The molecule has 1 heterocycles. The van der Waals surface area contributed by atoms with Gasteiger partial charge in [0, 0.05) is 12.0 Å². The lowest BCUT2D eigenvalue weighted by molar-refractivity contribution is -0.145. The minimum Gasteiger partial charge on any atom is -0.485 e. The Kier molecular flexibility index (Phi) is 9.08. The fourth-order valence-corrected chi connectivity index (χ4v) is 6.16. The molecule has 2 aliphatic rings. The molecule has 0 aromatic heterocycles. The van der Waals surface area contributed by atoms with Gasteiger partial charge in [-0.3, -0.25) is 9.80 Å². The van der Waals surface area contributed by atoms with E-state index in [9.17, 15) is 9.59 Å². The van der Waals surface area contributed by atoms with E-state index in [0.717, 1.165) is 25.7 Å². The number of likely N-dealkylation sites (tertiary alicyclic amines) is 1. The molecule has 0 N–H and O–H groups in total. The van der Waals surface area contributed by atoms with Gasteiger partial charge in [0.1, 0.15) is 17.7 Å². The van der Waals surface area contributed by atoms with Crippen LogP contribution in [-0.2, 0) is 26.2 Å². The van der Waals surface area contributed by atoms with Gasteiger partial charge in [0.25, 0.3) is 0 Å². The molecule has 8 heteroatoms. The second kappa shape index (κ2) is 12.2. The largest absolute Gasteiger partial charge is 0.485 e. The highest BCUT2D eigenvalue weighted by molar-refractivity contribution is 5.82. The zero-order valence-corrected chi connectivity index (χ0v) is 24.6. The van der Waals surface area contributed by atoms with Crippen LogP contribution in [0.1, 0.15) is 64.0 Å². The van der Waals surface area contributed by atoms with Crippen LogP contribution >= 0.6 is 0 Å². The number of amides is 1. The normalized spacial score (nSPS) is 25.1. The van der Waals surface area contributed by atoms with Gasteiger partial charge in [-0.1, -0.05) is 42.5 Å². The zero-order valence-electron chi connectivity index (χ0n) is 24.6. The first-order chi connectivity index (χ1) is 18.9. The quantitative estimate of drug-likeness (QED) is 0.395. The first-order valence-electron chi connectivity index (χ1n) is 14.2. The molecule has 0 radical (unpaired) electrons. The van der Waals surface area contributed by atoms with Gasteiger partial charge in [-0.2, -0.15) is 0 Å². The fourth-order valence-electron chi connectivity index (χ4n) is 6.16. The van der Waals surface area contributed by atoms with Crippen molar-refractivity contribution in [1.29, 1.82) is 0 Å². The summed E-state index contributed by atoms with van der Waals surface area (Å²) >= 11 is 0. The lowest BCUT2D eigenvalue weighted by atomic mass is 9.70. The molecule has 1 amide bonds. The Labute approximate surface area is 237 Å². The maximum absolute atomic E-state index is 15.7. The Morgan fingerprint density at radius 2 is 1.73 bits per heavy atom. The number of benzene rings is 2. The van der Waals surface area contributed by atoms with Gasteiger partial charge in [-0.25, -0.2) is 14.0 Å². The molecule has 0 bridgehead atoms. The van der Waals surface area contributed by atoms with Gasteiger partial charge >= 0.3 is 12.1 Å². The second-order valence-electron chi connectivity index (χ2n) is 12.3. The molecule has 7 nitrogen and oxygen atoms in total. The average Bonchev–Trinajstić information content (AvgIpc) is 3.34. The molecule has 1 saturated heterocycles. The second-order valence-corrected chi connectivity index (χ2v) is 12.3. The minimum atomic E-state index is -0.847. The van der Waals surface area contributed by atoms with Crippen LogP contribution in [0.2, 0.25) is 0 Å². The van der Waals surface area contributed by atoms with Gasteiger partial charge in [-0.15, -0.1) is 0 Å². The number of carbonyl (C=O) groups is 2. The summed E-state index contributed by atoms with van der Waals surface area (Å²) in [5, 5.41) is 0. The van der Waals surface area contributed by atoms with Crippen LogP contribution in [0.4, 0.5) is 9.18 Å². The van der Waals surface area contributed by atoms with E-state index in [-0.39, 0.29) is 30.1 Å². The first kappa shape index (κ1) is 29.8. The Balaban J connectivity index is 1.42. The molecule has 4 rings (SSSR count). The van der Waals surface area contributed by atoms with E-state index in [0.29, 0.717) is 17.9 Å². The van der Waals surface area contributed by atoms with Crippen molar-refractivity contribution in [3.63, 3.8) is 0 Å². The smallest absolute Gasteiger partial charge is 0.411 e. The van der Waals surface area contributed by atoms with Crippen molar-refractivity contribution >= 4 is 12.1 Å². The Bertz CT molecular complexity index is 1170. The third-order valence-electron chi connectivity index (χ3n) is 8.31. The van der Waals surface area contributed by atoms with E-state index in [2.05, 4.69) is 43.3 Å². The summed E-state index contributed by atoms with van der Waals surface area (Å²) < 4.78 is 32.1. The Morgan fingerprint density at radius 1 is 1.05 bits per heavy atom. The van der Waals surface area contributed by atoms with Crippen molar-refractivity contribution in [2.75, 3.05) is 27.7 Å². The van der Waals surface area contributed by atoms with E-state index >= 15 is 4.39 Å². The van der Waals surface area contributed by atoms with Gasteiger partial charge in [0.2, 0.25) is 0 Å². The molecule has 2 aromatic carbocycles. The van der Waals surface area contributed by atoms with Crippen LogP contribution in [0.15, 0.2) is 48.5 Å². The van der Waals surface area contributed by atoms with Crippen LogP contribution in [0.5, 0.6) is 5.75 Å². The topological polar surface area (TPSA) is 68.3 Å². The SMILES string of the molecule is COC(=O)[C@@H]1C[C@H](Oc2cccc(CC3CCC(c4ccccc4)(N(C)C)CC3)c2F)CN1C(=O)OC(C)(C)C. The predicted octanol–water partition coefficient (Wildman–Crippen LogP) is 5.95. The van der Waals surface area contributed by atoms with E-state index < -0.39 is 29.8 Å². The number of hydrogen-bond donors (Lipinski definition) is 0. The number of esters is 1. The number of hydrogen-bond acceptors (Lipinski definition) is 6. The first-order valence-corrected chi connectivity index (χ1v) is 14.2. The summed E-state index contributed by atoms with van der Waals surface area (Å²) in [5.41, 5.74) is 1.25. The predicted molar refractivity (Wildman–Crippen MR) is 152 cm³/mol. The number of rotatable bonds is 7. The van der Waals surface area contributed by atoms with Gasteiger partial charge in [0.15, 0.2) is 11.6 Å². The zero-order chi connectivity index (χ0) is 29.1. The highest BCUT2D eigenvalue weighted by Crippen LogP contribution is 2.44. The molecule has 2 aromatic rings. The number of ether oxygens (including phenoxy) is 3. The third kappa shape index (κ3) is 6.60. The Hall–Kier alpha value is -3.13. The van der Waals surface area contributed by atoms with E-state index in [1.165, 1.54) is 17.6 Å². The molecule has 2 atom stereocenters. The lowest BCUT2D eigenvalue weighted by Gasteiger charge is -2.45. The highest BCUT2D eigenvalue weighted by atomic mass is 19.1. The van der Waals surface area contributed by atoms with Crippen molar-refractivity contribution in [3.05, 3.63) is 65.5 Å². The molecule has 1 saturated carbocycles. The highest BCUT2D eigenvalue weighted by Gasteiger charge is 2.44. The van der Waals surface area contributed by atoms with Crippen molar-refractivity contribution in [2.24, 2.45) is 5.92 Å². The molecule has 0 spiro atoms. The monoisotopic (exact) mass is 554 g/mol. The molecule has 1 aliphatic heterocycles. The van der Waals surface area contributed by atoms with Crippen molar-refractivity contribution in [1.82, 2.24) is 9.80 Å². The summed E-state index contributed by atoms with van der Waals surface area (Å²) in [6, 6.07) is 15.0. The number of carbonyl (C=O) groups excluding carboxylic acids is 2. The maximum Gasteiger partial charge on any atom is 0.411 e. The average molecular weight is 555 g/mol. The van der Waals surface area contributed by atoms with Gasteiger partial charge < -0.3 is 14.2 Å². The third-order valence-corrected chi connectivity index (χ3v) is 8.31. The lowest BCUT2D eigenvalue weighted by Crippen LogP contribution is -2.44. The Morgan fingerprint density at radius 3 is 2.33 bits per heavy atom. The molecular weight excluding hydrogens is 511 g/mol. The van der Waals surface area contributed by atoms with Gasteiger partial charge in [-0.05, 0) is 90.1 Å². The molecule has 40 heavy (non-hydrogen) atoms. The fraction of sp³-hybridized carbons (Fsp3) is 0.562. The maximum atomic E-state index is 15.7. The van der Waals surface area contributed by atoms with Crippen molar-refractivity contribution < 1.29 is 28.2 Å². The summed E-state index contributed by atoms with van der Waals surface area (Å²) in [6.07, 6.45) is 3.70. The van der Waals surface area contributed by atoms with Crippen molar-refractivity contribution in [2.45, 2.75) is 82.6 Å². The summed E-state index contributed by atoms with van der Waals surface area (Å²) in [6.45, 7) is 5.39. The van der Waals surface area contributed by atoms with Crippen LogP contribution in [0, 0.1) is 11.7 Å². The summed E-state index contributed by atoms with van der Waals surface area (Å²) in [4.78, 5) is 28.8. The molecule has 0 unspecified atom stereocenters. The minimum absolute atomic E-state index is 0.0000711. The van der Waals surface area contributed by atoms with Crippen LogP contribution < -0.4 is 4.74 Å². The van der Waals surface area contributed by atoms with Crippen molar-refractivity contribution in [3.8, 4) is 5.75 Å². The van der Waals surface area contributed by atoms with Crippen LogP contribution in [0.25, 0.3) is 0 Å². The van der Waals surface area contributed by atoms with Crippen LogP contribution in [-0.4, -0.2) is 67.4 Å². The number of methoxy groups -OCH3 is 1. The molecule has 218 valence electrons. The van der Waals surface area contributed by atoms with E-state index in [1.807, 2.05) is 18.2 Å². The van der Waals surface area contributed by atoms with Crippen LogP contribution in [0.3, 0.4) is 0 Å². The number of halogens is 1. The molecular formula is C32H43FN2O5. The number of nitrogens with zero attached hydrogens (tertiary/aromatic N) is 2. The van der Waals surface area contributed by atoms with Gasteiger partial charge in [0.05, 0.1) is 13.7 Å². The molecule has 1 aliphatic carbocycles. The molecule has 2 fully saturated rings. The van der Waals surface area contributed by atoms with E-state index in [4.69, 9.17) is 14.2 Å². The van der Waals surface area contributed by atoms with E-state index in [1.54, 1.807) is 26.8 Å².